The van der Waals surface area contributed by atoms with Crippen molar-refractivity contribution in [2.75, 3.05) is 20.8 Å². The molecule has 4 rings (SSSR count). The summed E-state index contributed by atoms with van der Waals surface area (Å²) in [5, 5.41) is 0. The third kappa shape index (κ3) is 4.48. The van der Waals surface area contributed by atoms with E-state index in [1.165, 1.54) is 12.1 Å². The number of rotatable bonds is 6. The first-order valence-electron chi connectivity index (χ1n) is 10.1. The summed E-state index contributed by atoms with van der Waals surface area (Å²) in [6.45, 7) is 1.35. The third-order valence-corrected chi connectivity index (χ3v) is 5.43. The van der Waals surface area contributed by atoms with Gasteiger partial charge < -0.3 is 19.1 Å². The van der Waals surface area contributed by atoms with E-state index in [2.05, 4.69) is 0 Å². The maximum atomic E-state index is 13.3. The first-order valence-corrected chi connectivity index (χ1v) is 10.1. The highest BCUT2D eigenvalue weighted by Gasteiger charge is 2.25. The highest BCUT2D eigenvalue weighted by Crippen LogP contribution is 2.34. The van der Waals surface area contributed by atoms with Gasteiger partial charge in [0.15, 0.2) is 11.5 Å². The minimum atomic E-state index is -0.293. The molecule has 0 aromatic heterocycles. The van der Waals surface area contributed by atoms with Crippen LogP contribution in [0.1, 0.15) is 27.0 Å². The normalized spacial score (nSPS) is 12.8. The SMILES string of the molecule is COc1cc2c(cc1OC)CN(C(=O)c1ccccc1OCc1ccc(F)cc1)CC2. The van der Waals surface area contributed by atoms with Crippen molar-refractivity contribution in [3.05, 3.63) is 88.7 Å². The van der Waals surface area contributed by atoms with Crippen LogP contribution in [0.4, 0.5) is 4.39 Å². The summed E-state index contributed by atoms with van der Waals surface area (Å²) < 4.78 is 29.8. The molecule has 1 aliphatic rings. The Morgan fingerprint density at radius 2 is 1.61 bits per heavy atom. The smallest absolute Gasteiger partial charge is 0.257 e. The number of carbonyl (C=O) groups is 1. The minimum Gasteiger partial charge on any atom is -0.493 e. The lowest BCUT2D eigenvalue weighted by Crippen LogP contribution is -2.36. The van der Waals surface area contributed by atoms with Crippen LogP contribution >= 0.6 is 0 Å². The molecular weight excluding hydrogens is 397 g/mol. The maximum Gasteiger partial charge on any atom is 0.257 e. The molecule has 0 fully saturated rings. The number of fused-ring (bicyclic) bond motifs is 1. The van der Waals surface area contributed by atoms with Gasteiger partial charge in [0.1, 0.15) is 18.2 Å². The van der Waals surface area contributed by atoms with Gasteiger partial charge >= 0.3 is 0 Å². The number of hydrogen-bond donors (Lipinski definition) is 0. The van der Waals surface area contributed by atoms with Gasteiger partial charge in [0.2, 0.25) is 0 Å². The molecule has 3 aromatic carbocycles. The van der Waals surface area contributed by atoms with Gasteiger partial charge in [-0.3, -0.25) is 4.79 Å². The van der Waals surface area contributed by atoms with E-state index in [0.717, 1.165) is 23.1 Å². The molecule has 0 spiro atoms. The van der Waals surface area contributed by atoms with Crippen LogP contribution < -0.4 is 14.2 Å². The van der Waals surface area contributed by atoms with E-state index < -0.39 is 0 Å². The van der Waals surface area contributed by atoms with Gasteiger partial charge in [-0.15, -0.1) is 0 Å². The number of hydrogen-bond acceptors (Lipinski definition) is 4. The zero-order chi connectivity index (χ0) is 21.8. The Morgan fingerprint density at radius 1 is 0.935 bits per heavy atom. The van der Waals surface area contributed by atoms with E-state index in [0.29, 0.717) is 35.9 Å². The van der Waals surface area contributed by atoms with E-state index in [4.69, 9.17) is 14.2 Å². The fourth-order valence-electron chi connectivity index (χ4n) is 3.74. The average molecular weight is 421 g/mol. The molecule has 0 radical (unpaired) electrons. The van der Waals surface area contributed by atoms with Crippen molar-refractivity contribution in [1.29, 1.82) is 0 Å². The fraction of sp³-hybridized carbons (Fsp3) is 0.240. The molecular formula is C25H24FNO4. The molecule has 6 heteroatoms. The second kappa shape index (κ2) is 9.08. The van der Waals surface area contributed by atoms with Gasteiger partial charge in [-0.1, -0.05) is 24.3 Å². The molecule has 0 N–H and O–H groups in total. The van der Waals surface area contributed by atoms with E-state index in [-0.39, 0.29) is 18.3 Å². The first-order chi connectivity index (χ1) is 15.1. The van der Waals surface area contributed by atoms with Crippen molar-refractivity contribution in [2.45, 2.75) is 19.6 Å². The Labute approximate surface area is 181 Å². The Bertz CT molecular complexity index is 1080. The number of ether oxygens (including phenoxy) is 3. The van der Waals surface area contributed by atoms with Crippen molar-refractivity contribution in [2.24, 2.45) is 0 Å². The highest BCUT2D eigenvalue weighted by molar-refractivity contribution is 5.97. The molecule has 3 aromatic rings. The molecule has 31 heavy (non-hydrogen) atoms. The maximum absolute atomic E-state index is 13.3. The average Bonchev–Trinajstić information content (AvgIpc) is 2.82. The molecule has 1 amide bonds. The summed E-state index contributed by atoms with van der Waals surface area (Å²) in [6, 6.07) is 17.2. The highest BCUT2D eigenvalue weighted by atomic mass is 19.1. The lowest BCUT2D eigenvalue weighted by atomic mass is 9.98. The van der Waals surface area contributed by atoms with Crippen LogP contribution in [0.3, 0.4) is 0 Å². The monoisotopic (exact) mass is 421 g/mol. The Kier molecular flexibility index (Phi) is 6.07. The van der Waals surface area contributed by atoms with Crippen LogP contribution in [0.25, 0.3) is 0 Å². The molecule has 0 aliphatic carbocycles. The molecule has 1 aliphatic heterocycles. The predicted octanol–water partition coefficient (Wildman–Crippen LogP) is 4.62. The summed E-state index contributed by atoms with van der Waals surface area (Å²) in [5.41, 5.74) is 3.54. The summed E-state index contributed by atoms with van der Waals surface area (Å²) in [4.78, 5) is 15.1. The number of nitrogens with zero attached hydrogens (tertiary/aromatic N) is 1. The van der Waals surface area contributed by atoms with E-state index in [1.807, 2.05) is 29.2 Å². The van der Waals surface area contributed by atoms with Crippen LogP contribution in [0.2, 0.25) is 0 Å². The standard InChI is InChI=1S/C25H24FNO4/c1-29-23-13-18-11-12-27(15-19(18)14-24(23)30-2)25(28)21-5-3-4-6-22(21)31-16-17-7-9-20(26)10-8-17/h3-10,13-14H,11-12,15-16H2,1-2H3. The second-order valence-electron chi connectivity index (χ2n) is 7.36. The minimum absolute atomic E-state index is 0.0878. The predicted molar refractivity (Wildman–Crippen MR) is 115 cm³/mol. The zero-order valence-electron chi connectivity index (χ0n) is 17.6. The Balaban J connectivity index is 1.52. The van der Waals surface area contributed by atoms with E-state index in [1.54, 1.807) is 38.5 Å². The zero-order valence-corrected chi connectivity index (χ0v) is 17.6. The number of amides is 1. The summed E-state index contributed by atoms with van der Waals surface area (Å²) in [7, 11) is 3.22. The second-order valence-corrected chi connectivity index (χ2v) is 7.36. The van der Waals surface area contributed by atoms with Gasteiger partial charge in [0, 0.05) is 13.1 Å². The molecule has 5 nitrogen and oxygen atoms in total. The Hall–Kier alpha value is -3.54. The Morgan fingerprint density at radius 3 is 2.32 bits per heavy atom. The molecule has 0 saturated carbocycles. The molecule has 0 saturated heterocycles. The van der Waals surface area contributed by atoms with Gasteiger partial charge in [0.05, 0.1) is 19.8 Å². The van der Waals surface area contributed by atoms with Gasteiger partial charge in [-0.2, -0.15) is 0 Å². The number of carbonyl (C=O) groups excluding carboxylic acids is 1. The lowest BCUT2D eigenvalue weighted by molar-refractivity contribution is 0.0729. The molecule has 1 heterocycles. The van der Waals surface area contributed by atoms with Crippen molar-refractivity contribution < 1.29 is 23.4 Å². The third-order valence-electron chi connectivity index (χ3n) is 5.43. The molecule has 0 atom stereocenters. The molecule has 160 valence electrons. The van der Waals surface area contributed by atoms with E-state index in [9.17, 15) is 9.18 Å². The number of halogens is 1. The van der Waals surface area contributed by atoms with Crippen LogP contribution in [0, 0.1) is 5.82 Å². The number of benzene rings is 3. The van der Waals surface area contributed by atoms with Crippen molar-refractivity contribution in [3.8, 4) is 17.2 Å². The van der Waals surface area contributed by atoms with Crippen molar-refractivity contribution >= 4 is 5.91 Å². The summed E-state index contributed by atoms with van der Waals surface area (Å²) in [5.74, 6) is 1.48. The topological polar surface area (TPSA) is 48.0 Å². The quantitative estimate of drug-likeness (QED) is 0.583. The van der Waals surface area contributed by atoms with Gasteiger partial charge in [-0.05, 0) is 59.5 Å². The number of para-hydroxylation sites is 1. The van der Waals surface area contributed by atoms with Crippen molar-refractivity contribution in [3.63, 3.8) is 0 Å². The van der Waals surface area contributed by atoms with Gasteiger partial charge in [-0.25, -0.2) is 4.39 Å². The lowest BCUT2D eigenvalue weighted by Gasteiger charge is -2.30. The van der Waals surface area contributed by atoms with Crippen LogP contribution in [-0.2, 0) is 19.6 Å². The largest absolute Gasteiger partial charge is 0.493 e. The van der Waals surface area contributed by atoms with Gasteiger partial charge in [0.25, 0.3) is 5.91 Å². The number of methoxy groups -OCH3 is 2. The van der Waals surface area contributed by atoms with E-state index >= 15 is 0 Å². The van der Waals surface area contributed by atoms with Crippen LogP contribution in [0.15, 0.2) is 60.7 Å². The summed E-state index contributed by atoms with van der Waals surface area (Å²) >= 11 is 0. The molecule has 0 unspecified atom stereocenters. The summed E-state index contributed by atoms with van der Waals surface area (Å²) in [6.07, 6.45) is 0.736. The first kappa shape index (κ1) is 20.7. The fourth-order valence-corrected chi connectivity index (χ4v) is 3.74. The van der Waals surface area contributed by atoms with Crippen molar-refractivity contribution in [1.82, 2.24) is 4.90 Å². The molecule has 0 bridgehead atoms. The van der Waals surface area contributed by atoms with Crippen LogP contribution in [-0.4, -0.2) is 31.6 Å². The van der Waals surface area contributed by atoms with Crippen LogP contribution in [0.5, 0.6) is 17.2 Å².